The van der Waals surface area contributed by atoms with E-state index in [1.807, 2.05) is 12.1 Å². The van der Waals surface area contributed by atoms with E-state index in [9.17, 15) is 9.59 Å². The summed E-state index contributed by atoms with van der Waals surface area (Å²) in [6, 6.07) is 20.2. The topological polar surface area (TPSA) is 55.4 Å². The van der Waals surface area contributed by atoms with Gasteiger partial charge in [-0.1, -0.05) is 53.9 Å². The maximum absolute atomic E-state index is 12.2. The van der Waals surface area contributed by atoms with E-state index in [-0.39, 0.29) is 17.9 Å². The van der Waals surface area contributed by atoms with Crippen LogP contribution < -0.4 is 5.32 Å². The van der Waals surface area contributed by atoms with Crippen molar-refractivity contribution in [2.45, 2.75) is 6.42 Å². The molecule has 4 nitrogen and oxygen atoms in total. The molecule has 0 saturated heterocycles. The second kappa shape index (κ2) is 9.09. The number of ether oxygens (including phenoxy) is 1. The number of terminal acetylenes is 1. The summed E-state index contributed by atoms with van der Waals surface area (Å²) in [7, 11) is 1.27. The second-order valence-corrected chi connectivity index (χ2v) is 6.73. The molecule has 0 radical (unpaired) electrons. The van der Waals surface area contributed by atoms with Crippen LogP contribution in [0.15, 0.2) is 66.7 Å². The lowest BCUT2D eigenvalue weighted by atomic mass is 10.0. The number of halogens is 1. The van der Waals surface area contributed by atoms with E-state index in [0.717, 1.165) is 5.56 Å². The Labute approximate surface area is 174 Å². The van der Waals surface area contributed by atoms with E-state index >= 15 is 0 Å². The molecule has 0 aromatic heterocycles. The fourth-order valence-corrected chi connectivity index (χ4v) is 2.94. The van der Waals surface area contributed by atoms with Crippen molar-refractivity contribution < 1.29 is 14.3 Å². The maximum atomic E-state index is 12.2. The van der Waals surface area contributed by atoms with Gasteiger partial charge in [0.05, 0.1) is 24.8 Å². The first-order chi connectivity index (χ1) is 14.0. The van der Waals surface area contributed by atoms with E-state index in [4.69, 9.17) is 22.8 Å². The number of amides is 1. The largest absolute Gasteiger partial charge is 0.465 e. The number of carbonyl (C=O) groups excluding carboxylic acids is 2. The average Bonchev–Trinajstić information content (AvgIpc) is 3.33. The van der Waals surface area contributed by atoms with Crippen LogP contribution in [0.5, 0.6) is 0 Å². The summed E-state index contributed by atoms with van der Waals surface area (Å²) in [5.74, 6) is 1.68. The first-order valence-corrected chi connectivity index (χ1v) is 9.22. The van der Waals surface area contributed by atoms with Gasteiger partial charge in [0, 0.05) is 10.6 Å². The third-order valence-corrected chi connectivity index (χ3v) is 4.53. The van der Waals surface area contributed by atoms with E-state index in [2.05, 4.69) is 35.5 Å². The van der Waals surface area contributed by atoms with Gasteiger partial charge in [-0.05, 0) is 47.0 Å². The van der Waals surface area contributed by atoms with Gasteiger partial charge in [-0.3, -0.25) is 4.79 Å². The number of hydrogen-bond donors (Lipinski definition) is 1. The van der Waals surface area contributed by atoms with Gasteiger partial charge in [-0.15, -0.1) is 6.42 Å². The molecule has 0 aliphatic heterocycles. The zero-order valence-electron chi connectivity index (χ0n) is 15.7. The molecule has 1 amide bonds. The highest BCUT2D eigenvalue weighted by Crippen LogP contribution is 2.32. The Hall–Kier alpha value is -3.55. The van der Waals surface area contributed by atoms with Crippen molar-refractivity contribution in [1.29, 1.82) is 0 Å². The number of benzene rings is 3. The normalized spacial score (nSPS) is 10.1. The Morgan fingerprint density at radius 3 is 2.34 bits per heavy atom. The van der Waals surface area contributed by atoms with Gasteiger partial charge in [0.15, 0.2) is 0 Å². The highest BCUT2D eigenvalue weighted by atomic mass is 35.5. The van der Waals surface area contributed by atoms with Crippen LogP contribution in [-0.2, 0) is 16.0 Å². The molecular formula is C24H18ClNO3. The molecule has 4 rings (SSSR count). The lowest BCUT2D eigenvalue weighted by Gasteiger charge is -2.11. The fraction of sp³-hybridized carbons (Fsp3) is 0.0833. The summed E-state index contributed by atoms with van der Waals surface area (Å²) >= 11 is 5.93. The summed E-state index contributed by atoms with van der Waals surface area (Å²) in [5, 5.41) is 3.07. The number of methoxy groups -OCH3 is 1. The molecule has 0 atom stereocenters. The third-order valence-electron chi connectivity index (χ3n) is 4.30. The SMILES string of the molecule is C#Cc1ccccc1CC(=O)Nc1cc(Cl)ccc1C(=O)OC.c1cc2cc-2c1. The van der Waals surface area contributed by atoms with E-state index in [0.29, 0.717) is 16.3 Å². The number of fused-ring (bicyclic) bond motifs is 1. The molecular weight excluding hydrogens is 386 g/mol. The molecule has 0 spiro atoms. The number of rotatable bonds is 4. The molecule has 2 aromatic rings. The van der Waals surface area contributed by atoms with Crippen LogP contribution in [0, 0.1) is 12.3 Å². The van der Waals surface area contributed by atoms with Crippen molar-refractivity contribution in [2.24, 2.45) is 0 Å². The Morgan fingerprint density at radius 2 is 1.76 bits per heavy atom. The number of nitrogens with one attached hydrogen (secondary N) is 1. The fourth-order valence-electron chi connectivity index (χ4n) is 2.77. The highest BCUT2D eigenvalue weighted by Gasteiger charge is 2.15. The van der Waals surface area contributed by atoms with E-state index < -0.39 is 5.97 Å². The van der Waals surface area contributed by atoms with Crippen LogP contribution in [-0.4, -0.2) is 19.0 Å². The molecule has 0 bridgehead atoms. The minimum absolute atomic E-state index is 0.0908. The monoisotopic (exact) mass is 403 g/mol. The molecule has 1 N–H and O–H groups in total. The Bertz CT molecular complexity index is 1100. The highest BCUT2D eigenvalue weighted by molar-refractivity contribution is 6.31. The molecule has 29 heavy (non-hydrogen) atoms. The van der Waals surface area contributed by atoms with Crippen molar-refractivity contribution in [3.8, 4) is 23.5 Å². The van der Waals surface area contributed by atoms with Crippen molar-refractivity contribution in [1.82, 2.24) is 0 Å². The summed E-state index contributed by atoms with van der Waals surface area (Å²) in [6.45, 7) is 0. The quantitative estimate of drug-likeness (QED) is 0.387. The molecule has 144 valence electrons. The first-order valence-electron chi connectivity index (χ1n) is 8.84. The van der Waals surface area contributed by atoms with Crippen LogP contribution in [0.1, 0.15) is 21.5 Å². The predicted molar refractivity (Wildman–Crippen MR) is 115 cm³/mol. The molecule has 0 heterocycles. The van der Waals surface area contributed by atoms with Crippen molar-refractivity contribution >= 4 is 29.2 Å². The Kier molecular flexibility index (Phi) is 6.33. The molecule has 2 aliphatic rings. The van der Waals surface area contributed by atoms with Crippen LogP contribution in [0.3, 0.4) is 0 Å². The Balaban J connectivity index is 0.000000334. The number of esters is 1. The third kappa shape index (κ3) is 5.25. The molecule has 0 fully saturated rings. The standard InChI is InChI=1S/C18H14ClNO3.C6H4/c1-3-12-6-4-5-7-13(12)10-17(21)20-16-11-14(19)8-9-15(16)18(22)23-2;1-2-5-4-6(5)3-1/h1,4-9,11H,10H2,2H3,(H,20,21);1-4H. The lowest BCUT2D eigenvalue weighted by Crippen LogP contribution is -2.17. The van der Waals surface area contributed by atoms with Gasteiger partial charge in [0.25, 0.3) is 0 Å². The molecule has 0 unspecified atom stereocenters. The summed E-state index contributed by atoms with van der Waals surface area (Å²) in [6.07, 6.45) is 5.51. The predicted octanol–water partition coefficient (Wildman–Crippen LogP) is 4.96. The van der Waals surface area contributed by atoms with E-state index in [1.165, 1.54) is 30.4 Å². The van der Waals surface area contributed by atoms with Crippen molar-refractivity contribution in [3.05, 3.63) is 88.4 Å². The summed E-state index contributed by atoms with van der Waals surface area (Å²) < 4.78 is 4.69. The molecule has 5 heteroatoms. The van der Waals surface area contributed by atoms with Crippen LogP contribution in [0.25, 0.3) is 11.1 Å². The molecule has 0 saturated carbocycles. The van der Waals surface area contributed by atoms with Crippen molar-refractivity contribution in [3.63, 3.8) is 0 Å². The smallest absolute Gasteiger partial charge is 0.339 e. The average molecular weight is 404 g/mol. The number of carbonyl (C=O) groups is 2. The van der Waals surface area contributed by atoms with Crippen LogP contribution in [0.4, 0.5) is 5.69 Å². The minimum Gasteiger partial charge on any atom is -0.465 e. The first kappa shape index (κ1) is 20.2. The van der Waals surface area contributed by atoms with Crippen LogP contribution >= 0.6 is 11.6 Å². The minimum atomic E-state index is -0.555. The number of hydrogen-bond acceptors (Lipinski definition) is 3. The van der Waals surface area contributed by atoms with Gasteiger partial charge >= 0.3 is 5.97 Å². The van der Waals surface area contributed by atoms with Gasteiger partial charge in [-0.25, -0.2) is 4.79 Å². The maximum Gasteiger partial charge on any atom is 0.339 e. The van der Waals surface area contributed by atoms with Crippen molar-refractivity contribution in [2.75, 3.05) is 12.4 Å². The second-order valence-electron chi connectivity index (χ2n) is 6.29. The number of anilines is 1. The molecule has 2 aromatic carbocycles. The zero-order valence-corrected chi connectivity index (χ0v) is 16.5. The summed E-state index contributed by atoms with van der Waals surface area (Å²) in [5.41, 5.74) is 4.77. The zero-order chi connectivity index (χ0) is 20.8. The van der Waals surface area contributed by atoms with Gasteiger partial charge in [0.1, 0.15) is 0 Å². The van der Waals surface area contributed by atoms with Gasteiger partial charge < -0.3 is 10.1 Å². The summed E-state index contributed by atoms with van der Waals surface area (Å²) in [4.78, 5) is 24.0. The molecule has 2 aliphatic carbocycles. The van der Waals surface area contributed by atoms with Gasteiger partial charge in [0.2, 0.25) is 5.91 Å². The Morgan fingerprint density at radius 1 is 1.03 bits per heavy atom. The van der Waals surface area contributed by atoms with Crippen LogP contribution in [0.2, 0.25) is 5.02 Å². The van der Waals surface area contributed by atoms with Gasteiger partial charge in [-0.2, -0.15) is 0 Å². The van der Waals surface area contributed by atoms with E-state index in [1.54, 1.807) is 18.2 Å². The lowest BCUT2D eigenvalue weighted by molar-refractivity contribution is -0.115.